The summed E-state index contributed by atoms with van der Waals surface area (Å²) < 4.78 is 36.1. The van der Waals surface area contributed by atoms with Crippen LogP contribution in [0.3, 0.4) is 0 Å². The smallest absolute Gasteiger partial charge is 0.394 e. The van der Waals surface area contributed by atoms with Crippen molar-refractivity contribution < 1.29 is 27.4 Å². The van der Waals surface area contributed by atoms with Crippen molar-refractivity contribution in [2.45, 2.75) is 0 Å². The molecule has 0 unspecified atom stereocenters. The van der Waals surface area contributed by atoms with E-state index in [4.69, 9.17) is 22.6 Å². The van der Waals surface area contributed by atoms with E-state index < -0.39 is 10.4 Å². The summed E-state index contributed by atoms with van der Waals surface area (Å²) in [6.07, 6.45) is 0. The van der Waals surface area contributed by atoms with Crippen LogP contribution in [-0.4, -0.2) is 35.8 Å². The third kappa shape index (κ3) is 24.5. The van der Waals surface area contributed by atoms with Gasteiger partial charge in [-0.25, -0.2) is 0 Å². The molecule has 0 spiro atoms. The molecule has 1 aromatic rings. The molecule has 0 aliphatic carbocycles. The molecule has 0 atom stereocenters. The first-order valence-corrected chi connectivity index (χ1v) is 5.31. The topological polar surface area (TPSA) is 107 Å². The minimum atomic E-state index is -4.67. The van der Waals surface area contributed by atoms with Gasteiger partial charge in [0.05, 0.1) is 13.2 Å². The lowest BCUT2D eigenvalue weighted by Crippen LogP contribution is -1.89. The van der Waals surface area contributed by atoms with Crippen LogP contribution in [0.2, 0.25) is 0 Å². The van der Waals surface area contributed by atoms with Crippen molar-refractivity contribution >= 4 is 10.4 Å². The van der Waals surface area contributed by atoms with Gasteiger partial charge in [0.25, 0.3) is 0 Å². The fourth-order valence-corrected chi connectivity index (χ4v) is 0.428. The lowest BCUT2D eigenvalue weighted by Gasteiger charge is -1.82. The number of hydrogen-bond donors (Lipinski definition) is 3. The molecule has 2 rings (SSSR count). The van der Waals surface area contributed by atoms with E-state index in [1.165, 1.54) is 0 Å². The van der Waals surface area contributed by atoms with Crippen molar-refractivity contribution in [2.24, 2.45) is 0 Å². The van der Waals surface area contributed by atoms with Gasteiger partial charge in [0.1, 0.15) is 5.75 Å². The largest absolute Gasteiger partial charge is 0.508 e. The minimum absolute atomic E-state index is 0.322. The van der Waals surface area contributed by atoms with Crippen LogP contribution in [0.4, 0.5) is 0 Å². The highest BCUT2D eigenvalue weighted by Crippen LogP contribution is 2.02. The van der Waals surface area contributed by atoms with Gasteiger partial charge in [0.2, 0.25) is 0 Å². The number of aromatic hydroxyl groups is 1. The number of hydrogen-bond acceptors (Lipinski definition) is 4. The molecule has 0 aromatic heterocycles. The fourth-order valence-electron chi connectivity index (χ4n) is 0.428. The maximum atomic E-state index is 8.74. The lowest BCUT2D eigenvalue weighted by atomic mass is 10.3. The quantitative estimate of drug-likeness (QED) is 0.453. The molecule has 15 heavy (non-hydrogen) atoms. The number of ether oxygens (including phenoxy) is 1. The summed E-state index contributed by atoms with van der Waals surface area (Å²) in [5.74, 6) is 0.322. The van der Waals surface area contributed by atoms with E-state index >= 15 is 0 Å². The van der Waals surface area contributed by atoms with E-state index in [0.29, 0.717) is 5.75 Å². The van der Waals surface area contributed by atoms with Gasteiger partial charge in [-0.2, -0.15) is 8.42 Å². The molecule has 1 aliphatic heterocycles. The van der Waals surface area contributed by atoms with E-state index in [2.05, 4.69) is 4.74 Å². The number of benzene rings is 1. The zero-order valence-electron chi connectivity index (χ0n) is 7.78. The van der Waals surface area contributed by atoms with Gasteiger partial charge in [-0.05, 0) is 12.1 Å². The van der Waals surface area contributed by atoms with Crippen LogP contribution in [-0.2, 0) is 15.1 Å². The summed E-state index contributed by atoms with van der Waals surface area (Å²) in [6, 6.07) is 8.71. The molecule has 1 fully saturated rings. The maximum Gasteiger partial charge on any atom is 0.394 e. The number of epoxide rings is 1. The maximum absolute atomic E-state index is 8.74. The highest BCUT2D eigenvalue weighted by Gasteiger charge is 1.94. The zero-order chi connectivity index (χ0) is 11.7. The first kappa shape index (κ1) is 13.8. The second-order valence-electron chi connectivity index (χ2n) is 2.40. The predicted octanol–water partition coefficient (Wildman–Crippen LogP) is 0.756. The van der Waals surface area contributed by atoms with Crippen LogP contribution < -0.4 is 0 Å². The number of phenolic OH excluding ortho intramolecular Hbond substituents is 1. The first-order chi connectivity index (χ1) is 6.89. The monoisotopic (exact) mass is 236 g/mol. The van der Waals surface area contributed by atoms with E-state index in [1.54, 1.807) is 24.3 Å². The normalized spacial score (nSPS) is 12.7. The Bertz CT molecular complexity index is 334. The molecule has 1 heterocycles. The Morgan fingerprint density at radius 2 is 1.40 bits per heavy atom. The molecule has 0 saturated carbocycles. The van der Waals surface area contributed by atoms with Crippen molar-refractivity contribution in [1.82, 2.24) is 0 Å². The van der Waals surface area contributed by atoms with Crippen molar-refractivity contribution in [3.05, 3.63) is 30.3 Å². The van der Waals surface area contributed by atoms with Crippen LogP contribution in [0.15, 0.2) is 30.3 Å². The Labute approximate surface area is 87.7 Å². The van der Waals surface area contributed by atoms with E-state index in [0.717, 1.165) is 13.2 Å². The Morgan fingerprint density at radius 3 is 1.53 bits per heavy atom. The third-order valence-corrected chi connectivity index (χ3v) is 0.960. The second kappa shape index (κ2) is 7.18. The summed E-state index contributed by atoms with van der Waals surface area (Å²) in [7, 11) is -4.67. The van der Waals surface area contributed by atoms with Crippen LogP contribution in [0.25, 0.3) is 0 Å². The van der Waals surface area contributed by atoms with Crippen molar-refractivity contribution in [3.8, 4) is 5.75 Å². The fraction of sp³-hybridized carbons (Fsp3) is 0.250. The van der Waals surface area contributed by atoms with Gasteiger partial charge >= 0.3 is 10.4 Å². The number of rotatable bonds is 0. The molecule has 0 bridgehead atoms. The van der Waals surface area contributed by atoms with Crippen molar-refractivity contribution in [1.29, 1.82) is 0 Å². The van der Waals surface area contributed by atoms with Gasteiger partial charge in [-0.3, -0.25) is 9.11 Å². The van der Waals surface area contributed by atoms with Crippen LogP contribution in [0.5, 0.6) is 5.75 Å². The van der Waals surface area contributed by atoms with E-state index in [-0.39, 0.29) is 0 Å². The predicted molar refractivity (Wildman–Crippen MR) is 53.1 cm³/mol. The molecule has 1 saturated heterocycles. The van der Waals surface area contributed by atoms with Gasteiger partial charge in [-0.1, -0.05) is 18.2 Å². The van der Waals surface area contributed by atoms with Gasteiger partial charge < -0.3 is 9.84 Å². The van der Waals surface area contributed by atoms with E-state index in [9.17, 15) is 0 Å². The Hall–Kier alpha value is -1.15. The van der Waals surface area contributed by atoms with Crippen LogP contribution in [0.1, 0.15) is 0 Å². The van der Waals surface area contributed by atoms with Gasteiger partial charge in [0.15, 0.2) is 0 Å². The molecule has 7 heteroatoms. The molecule has 0 amide bonds. The Kier molecular flexibility index (Phi) is 6.63. The minimum Gasteiger partial charge on any atom is -0.508 e. The molecule has 0 radical (unpaired) electrons. The average Bonchev–Trinajstić information content (AvgIpc) is 2.87. The van der Waals surface area contributed by atoms with Crippen molar-refractivity contribution in [3.63, 3.8) is 0 Å². The highest BCUT2D eigenvalue weighted by atomic mass is 32.3. The zero-order valence-corrected chi connectivity index (χ0v) is 8.59. The molecular weight excluding hydrogens is 224 g/mol. The van der Waals surface area contributed by atoms with Gasteiger partial charge in [0, 0.05) is 0 Å². The molecule has 86 valence electrons. The summed E-state index contributed by atoms with van der Waals surface area (Å²) in [4.78, 5) is 0. The van der Waals surface area contributed by atoms with Crippen LogP contribution >= 0.6 is 0 Å². The Morgan fingerprint density at radius 1 is 1.07 bits per heavy atom. The summed E-state index contributed by atoms with van der Waals surface area (Å²) >= 11 is 0. The summed E-state index contributed by atoms with van der Waals surface area (Å²) in [5.41, 5.74) is 0. The Balaban J connectivity index is 0.000000213. The van der Waals surface area contributed by atoms with Gasteiger partial charge in [-0.15, -0.1) is 0 Å². The molecule has 6 nitrogen and oxygen atoms in total. The molecule has 1 aliphatic rings. The highest BCUT2D eigenvalue weighted by molar-refractivity contribution is 7.79. The molecular formula is C8H12O6S. The van der Waals surface area contributed by atoms with Crippen LogP contribution in [0, 0.1) is 0 Å². The third-order valence-electron chi connectivity index (χ3n) is 0.960. The number of para-hydroxylation sites is 1. The van der Waals surface area contributed by atoms with E-state index in [1.807, 2.05) is 6.07 Å². The summed E-state index contributed by atoms with van der Waals surface area (Å²) in [5, 5.41) is 8.63. The lowest BCUT2D eigenvalue weighted by molar-refractivity contribution is 0.381. The summed E-state index contributed by atoms with van der Waals surface area (Å²) in [6.45, 7) is 2.00. The van der Waals surface area contributed by atoms with Crippen molar-refractivity contribution in [2.75, 3.05) is 13.2 Å². The molecule has 3 N–H and O–H groups in total. The standard InChI is InChI=1S/C6H6O.C2H4O.H2O4S/c7-6-4-2-1-3-5-6;1-2-3-1;1-5(2,3)4/h1-5,7H;1-2H2;(H2,1,2,3,4). The number of phenols is 1. The SMILES string of the molecule is C1CO1.O=S(=O)(O)O.Oc1ccccc1. The molecule has 1 aromatic carbocycles. The average molecular weight is 236 g/mol. The second-order valence-corrected chi connectivity index (χ2v) is 3.29. The first-order valence-electron chi connectivity index (χ1n) is 3.91.